The quantitative estimate of drug-likeness (QED) is 0.430. The van der Waals surface area contributed by atoms with Crippen LogP contribution in [0.25, 0.3) is 11.1 Å². The zero-order valence-electron chi connectivity index (χ0n) is 16.3. The molecule has 0 bridgehead atoms. The van der Waals surface area contributed by atoms with Crippen LogP contribution >= 0.6 is 24.8 Å². The molecule has 0 radical (unpaired) electrons. The first kappa shape index (κ1) is 22.8. The number of hydrogen-bond donors (Lipinski definition) is 0. The van der Waals surface area contributed by atoms with Gasteiger partial charge in [-0.3, -0.25) is 0 Å². The molecule has 0 amide bonds. The van der Waals surface area contributed by atoms with E-state index in [1.54, 1.807) is 11.6 Å². The second-order valence-electron chi connectivity index (χ2n) is 7.17. The molecule has 0 saturated heterocycles. The van der Waals surface area contributed by atoms with Crippen molar-refractivity contribution >= 4 is 39.8 Å². The molecule has 28 heavy (non-hydrogen) atoms. The maximum atomic E-state index is 2.49. The van der Waals surface area contributed by atoms with Gasteiger partial charge in [-0.15, -0.1) is 24.8 Å². The molecule has 0 saturated carbocycles. The largest absolute Gasteiger partial charge is 0.147 e. The molecule has 3 heteroatoms. The molecule has 2 aliphatic rings. The molecule has 0 atom stereocenters. The van der Waals surface area contributed by atoms with Gasteiger partial charge in [-0.2, -0.15) is 0 Å². The number of rotatable bonds is 4. The minimum absolute atomic E-state index is 0. The van der Waals surface area contributed by atoms with Gasteiger partial charge in [-0.25, -0.2) is 0 Å². The van der Waals surface area contributed by atoms with Gasteiger partial charge < -0.3 is 0 Å². The van der Waals surface area contributed by atoms with Crippen molar-refractivity contribution in [2.45, 2.75) is 26.7 Å². The Hall–Kier alpha value is -1.44. The van der Waals surface area contributed by atoms with Crippen molar-refractivity contribution < 1.29 is 17.4 Å². The van der Waals surface area contributed by atoms with Crippen molar-refractivity contribution in [1.29, 1.82) is 0 Å². The average Bonchev–Trinajstić information content (AvgIpc) is 3.34. The normalized spacial score (nSPS) is 14.8. The molecule has 2 aliphatic carbocycles. The monoisotopic (exact) mass is 444 g/mol. The Morgan fingerprint density at radius 1 is 0.643 bits per heavy atom. The van der Waals surface area contributed by atoms with Crippen LogP contribution in [0.4, 0.5) is 0 Å². The van der Waals surface area contributed by atoms with Gasteiger partial charge in [0.15, 0.2) is 0 Å². The zero-order chi connectivity index (χ0) is 17.9. The maximum Gasteiger partial charge on any atom is -0.147 e. The van der Waals surface area contributed by atoms with E-state index in [-0.39, 0.29) is 24.8 Å². The number of hydrogen-bond acceptors (Lipinski definition) is 0. The van der Waals surface area contributed by atoms with E-state index in [2.05, 4.69) is 98.8 Å². The van der Waals surface area contributed by atoms with Crippen LogP contribution in [0.5, 0.6) is 0 Å². The second-order valence-corrected chi connectivity index (χ2v) is 11.9. The number of halogens is 2. The topological polar surface area (TPSA) is 0 Å². The second kappa shape index (κ2) is 10.4. The summed E-state index contributed by atoms with van der Waals surface area (Å²) in [6.45, 7) is 4.69. The fourth-order valence-electron chi connectivity index (χ4n) is 3.91. The molecule has 144 valence electrons. The maximum absolute atomic E-state index is 2.49. The van der Waals surface area contributed by atoms with E-state index in [1.165, 1.54) is 22.3 Å². The summed E-state index contributed by atoms with van der Waals surface area (Å²) in [6.07, 6.45) is 12.1. The Morgan fingerprint density at radius 3 is 1.39 bits per heavy atom. The first-order valence-corrected chi connectivity index (χ1v) is 11.7. The molecular formula is C25H26Cl2Ti. The van der Waals surface area contributed by atoms with E-state index < -0.39 is 17.4 Å². The molecule has 0 aromatic heterocycles. The van der Waals surface area contributed by atoms with Crippen LogP contribution in [0.1, 0.15) is 37.8 Å². The number of allylic oxidation sites excluding steroid dienone is 8. The number of benzene rings is 2. The minimum atomic E-state index is -1.53. The van der Waals surface area contributed by atoms with Gasteiger partial charge in [0.2, 0.25) is 0 Å². The standard InChI is InChI=1S/2C11H9.C3H6.2ClH.Ti/c2*1-2-6-10(7-3-1)11-8-4-5-9-11;1-3-2;;;/h2*1-3,6-9H,4H2;1-2H3;2*1H;. The van der Waals surface area contributed by atoms with E-state index in [9.17, 15) is 0 Å². The molecule has 0 unspecified atom stereocenters. The zero-order valence-corrected chi connectivity index (χ0v) is 19.5. The fraction of sp³-hybridized carbons (Fsp3) is 0.160. The van der Waals surface area contributed by atoms with Crippen molar-refractivity contribution in [1.82, 2.24) is 0 Å². The van der Waals surface area contributed by atoms with Gasteiger partial charge in [0, 0.05) is 0 Å². The van der Waals surface area contributed by atoms with Gasteiger partial charge in [-0.05, 0) is 0 Å². The Bertz CT molecular complexity index is 898. The van der Waals surface area contributed by atoms with E-state index in [1.807, 2.05) is 0 Å². The predicted molar refractivity (Wildman–Crippen MR) is 125 cm³/mol. The van der Waals surface area contributed by atoms with Crippen LogP contribution in [-0.4, -0.2) is 3.81 Å². The summed E-state index contributed by atoms with van der Waals surface area (Å²) in [5.74, 6) is 0. The van der Waals surface area contributed by atoms with E-state index in [4.69, 9.17) is 0 Å². The summed E-state index contributed by atoms with van der Waals surface area (Å²) in [5.41, 5.74) is 5.50. The van der Waals surface area contributed by atoms with Crippen molar-refractivity contribution in [2.24, 2.45) is 0 Å². The Kier molecular flexibility index (Phi) is 8.46. The molecule has 0 heterocycles. The third-order valence-electron chi connectivity index (χ3n) is 5.10. The summed E-state index contributed by atoms with van der Waals surface area (Å²) in [4.78, 5) is 0. The predicted octanol–water partition coefficient (Wildman–Crippen LogP) is 7.40. The van der Waals surface area contributed by atoms with Crippen molar-refractivity contribution in [2.75, 3.05) is 0 Å². The van der Waals surface area contributed by atoms with Crippen molar-refractivity contribution in [3.8, 4) is 0 Å². The Morgan fingerprint density at radius 2 is 1.04 bits per heavy atom. The Balaban J connectivity index is 0.00000140. The summed E-state index contributed by atoms with van der Waals surface area (Å²) in [7, 11) is 0. The van der Waals surface area contributed by atoms with E-state index in [0.29, 0.717) is 0 Å². The first-order chi connectivity index (χ1) is 12.7. The third-order valence-corrected chi connectivity index (χ3v) is 9.76. The Labute approximate surface area is 186 Å². The SMILES string of the molecule is C[C](C)=[Ti]([C]1=CC(c2ccccc2)=CC1)[C]1=CC(c2ccccc2)=CC1.Cl.Cl. The van der Waals surface area contributed by atoms with Gasteiger partial charge in [0.1, 0.15) is 0 Å². The van der Waals surface area contributed by atoms with Gasteiger partial charge in [0.25, 0.3) is 0 Å². The van der Waals surface area contributed by atoms with E-state index >= 15 is 0 Å². The molecule has 0 N–H and O–H groups in total. The van der Waals surface area contributed by atoms with Crippen LogP contribution in [0, 0.1) is 0 Å². The third kappa shape index (κ3) is 4.94. The summed E-state index contributed by atoms with van der Waals surface area (Å²) in [5, 5.41) is 0. The van der Waals surface area contributed by atoms with Crippen LogP contribution in [0.3, 0.4) is 0 Å². The van der Waals surface area contributed by atoms with Gasteiger partial charge >= 0.3 is 163 Å². The van der Waals surface area contributed by atoms with Crippen LogP contribution in [0.15, 0.2) is 92.7 Å². The molecule has 0 spiro atoms. The smallest absolute Gasteiger partial charge is 0.147 e. The van der Waals surface area contributed by atoms with Crippen molar-refractivity contribution in [3.05, 3.63) is 104 Å². The van der Waals surface area contributed by atoms with Gasteiger partial charge in [0.05, 0.1) is 0 Å². The molecule has 0 fully saturated rings. The first-order valence-electron chi connectivity index (χ1n) is 9.33. The molecule has 2 aromatic carbocycles. The van der Waals surface area contributed by atoms with Gasteiger partial charge in [-0.1, -0.05) is 0 Å². The minimum Gasteiger partial charge on any atom is -0.147 e. The fourth-order valence-corrected chi connectivity index (χ4v) is 8.45. The molecular weight excluding hydrogens is 419 g/mol. The van der Waals surface area contributed by atoms with Crippen LogP contribution in [0.2, 0.25) is 0 Å². The molecule has 2 aromatic rings. The molecule has 0 nitrogen and oxygen atoms in total. The average molecular weight is 445 g/mol. The molecule has 0 aliphatic heterocycles. The van der Waals surface area contributed by atoms with Crippen molar-refractivity contribution in [3.63, 3.8) is 0 Å². The van der Waals surface area contributed by atoms with Crippen LogP contribution in [-0.2, 0) is 17.4 Å². The summed E-state index contributed by atoms with van der Waals surface area (Å²) >= 11 is -1.53. The van der Waals surface area contributed by atoms with Crippen LogP contribution < -0.4 is 0 Å². The van der Waals surface area contributed by atoms with E-state index in [0.717, 1.165) is 12.8 Å². The molecule has 4 rings (SSSR count). The summed E-state index contributed by atoms with van der Waals surface area (Å²) < 4.78 is 5.03. The summed E-state index contributed by atoms with van der Waals surface area (Å²) in [6, 6.07) is 21.6.